The average molecular weight is 423 g/mol. The zero-order valence-electron chi connectivity index (χ0n) is 17.3. The molecule has 3 aromatic rings. The second-order valence-electron chi connectivity index (χ2n) is 7.30. The molecule has 0 saturated carbocycles. The highest BCUT2D eigenvalue weighted by Gasteiger charge is 2.26. The van der Waals surface area contributed by atoms with Crippen molar-refractivity contribution in [2.45, 2.75) is 19.0 Å². The predicted molar refractivity (Wildman–Crippen MR) is 119 cm³/mol. The van der Waals surface area contributed by atoms with Gasteiger partial charge in [0.05, 0.1) is 20.3 Å². The van der Waals surface area contributed by atoms with Crippen LogP contribution in [0.3, 0.4) is 0 Å². The molecular formula is C24H26N2O3S. The molecule has 5 nitrogen and oxygen atoms in total. The molecule has 0 spiro atoms. The maximum absolute atomic E-state index is 12.8. The Morgan fingerprint density at radius 2 is 1.87 bits per heavy atom. The fourth-order valence-electron chi connectivity index (χ4n) is 3.94. The van der Waals surface area contributed by atoms with E-state index in [1.807, 2.05) is 0 Å². The van der Waals surface area contributed by atoms with Crippen molar-refractivity contribution < 1.29 is 14.3 Å². The second-order valence-corrected chi connectivity index (χ2v) is 8.28. The Morgan fingerprint density at radius 3 is 2.60 bits per heavy atom. The van der Waals surface area contributed by atoms with Crippen LogP contribution in [0.25, 0.3) is 0 Å². The van der Waals surface area contributed by atoms with Crippen LogP contribution in [0.1, 0.15) is 32.4 Å². The number of hydrogen-bond donors (Lipinski definition) is 1. The predicted octanol–water partition coefficient (Wildman–Crippen LogP) is 4.29. The van der Waals surface area contributed by atoms with Gasteiger partial charge in [0.2, 0.25) is 0 Å². The highest BCUT2D eigenvalue weighted by atomic mass is 32.1. The number of ether oxygens (including phenoxy) is 2. The third-order valence-electron chi connectivity index (χ3n) is 5.57. The minimum absolute atomic E-state index is 0.116. The van der Waals surface area contributed by atoms with Crippen molar-refractivity contribution in [3.8, 4) is 11.5 Å². The van der Waals surface area contributed by atoms with Gasteiger partial charge in [-0.1, -0.05) is 30.3 Å². The fraction of sp³-hybridized carbons (Fsp3) is 0.292. The van der Waals surface area contributed by atoms with E-state index in [0.717, 1.165) is 19.5 Å². The Labute approximate surface area is 181 Å². The van der Waals surface area contributed by atoms with Gasteiger partial charge >= 0.3 is 0 Å². The van der Waals surface area contributed by atoms with Gasteiger partial charge in [-0.25, -0.2) is 0 Å². The Bertz CT molecular complexity index is 1000. The molecule has 156 valence electrons. The number of benzene rings is 2. The van der Waals surface area contributed by atoms with Gasteiger partial charge in [0, 0.05) is 30.1 Å². The molecule has 2 aromatic carbocycles. The maximum Gasteiger partial charge on any atom is 0.251 e. The molecule has 1 aromatic heterocycles. The number of fused-ring (bicyclic) bond motifs is 1. The van der Waals surface area contributed by atoms with Gasteiger partial charge in [-0.2, -0.15) is 0 Å². The summed E-state index contributed by atoms with van der Waals surface area (Å²) in [6.45, 7) is 2.42. The molecule has 0 aliphatic carbocycles. The van der Waals surface area contributed by atoms with E-state index in [9.17, 15) is 4.79 Å². The molecule has 1 N–H and O–H groups in total. The van der Waals surface area contributed by atoms with Crippen molar-refractivity contribution in [2.75, 3.05) is 27.3 Å². The first-order chi connectivity index (χ1) is 14.7. The van der Waals surface area contributed by atoms with Crippen molar-refractivity contribution >= 4 is 17.2 Å². The number of methoxy groups -OCH3 is 2. The first kappa shape index (κ1) is 20.4. The number of nitrogens with one attached hydrogen (secondary N) is 1. The lowest BCUT2D eigenvalue weighted by Crippen LogP contribution is -2.40. The van der Waals surface area contributed by atoms with Crippen LogP contribution in [-0.4, -0.2) is 38.1 Å². The molecule has 1 atom stereocenters. The summed E-state index contributed by atoms with van der Waals surface area (Å²) in [7, 11) is 3.15. The van der Waals surface area contributed by atoms with Gasteiger partial charge in [-0.3, -0.25) is 9.69 Å². The van der Waals surface area contributed by atoms with E-state index in [0.29, 0.717) is 23.6 Å². The number of nitrogens with zero attached hydrogens (tertiary/aromatic N) is 1. The largest absolute Gasteiger partial charge is 0.493 e. The lowest BCUT2D eigenvalue weighted by molar-refractivity contribution is 0.0928. The molecule has 4 rings (SSSR count). The first-order valence-electron chi connectivity index (χ1n) is 10.0. The minimum Gasteiger partial charge on any atom is -0.493 e. The molecule has 0 bridgehead atoms. The Balaban J connectivity index is 1.49. The fourth-order valence-corrected chi connectivity index (χ4v) is 4.80. The van der Waals surface area contributed by atoms with Crippen LogP contribution in [0.4, 0.5) is 0 Å². The molecule has 0 radical (unpaired) electrons. The summed E-state index contributed by atoms with van der Waals surface area (Å²) in [5.74, 6) is 1.04. The van der Waals surface area contributed by atoms with Gasteiger partial charge in [0.1, 0.15) is 0 Å². The zero-order valence-corrected chi connectivity index (χ0v) is 18.1. The van der Waals surface area contributed by atoms with Crippen LogP contribution >= 0.6 is 11.3 Å². The van der Waals surface area contributed by atoms with Crippen LogP contribution < -0.4 is 14.8 Å². The topological polar surface area (TPSA) is 50.8 Å². The lowest BCUT2D eigenvalue weighted by Gasteiger charge is -2.35. The van der Waals surface area contributed by atoms with E-state index in [4.69, 9.17) is 9.47 Å². The second kappa shape index (κ2) is 9.32. The summed E-state index contributed by atoms with van der Waals surface area (Å²) in [6, 6.07) is 18.2. The Kier molecular flexibility index (Phi) is 6.35. The van der Waals surface area contributed by atoms with E-state index < -0.39 is 0 Å². The van der Waals surface area contributed by atoms with Gasteiger partial charge in [0.25, 0.3) is 5.91 Å². The molecular weight excluding hydrogens is 396 g/mol. The van der Waals surface area contributed by atoms with E-state index in [2.05, 4.69) is 52.0 Å². The summed E-state index contributed by atoms with van der Waals surface area (Å²) in [6.07, 6.45) is 1.03. The number of rotatable bonds is 7. The number of amides is 1. The molecule has 1 aliphatic rings. The molecule has 0 saturated heterocycles. The molecule has 2 heterocycles. The minimum atomic E-state index is -0.116. The highest BCUT2D eigenvalue weighted by molar-refractivity contribution is 7.10. The molecule has 6 heteroatoms. The zero-order chi connectivity index (χ0) is 20.9. The van der Waals surface area contributed by atoms with Crippen LogP contribution in [0.5, 0.6) is 11.5 Å². The third-order valence-corrected chi connectivity index (χ3v) is 6.55. The molecule has 0 fully saturated rings. The van der Waals surface area contributed by atoms with Crippen LogP contribution in [-0.2, 0) is 13.0 Å². The molecule has 1 unspecified atom stereocenters. The number of hydrogen-bond acceptors (Lipinski definition) is 5. The van der Waals surface area contributed by atoms with Crippen molar-refractivity contribution in [2.24, 2.45) is 0 Å². The van der Waals surface area contributed by atoms with Gasteiger partial charge in [-0.15, -0.1) is 11.3 Å². The molecule has 1 amide bonds. The summed E-state index contributed by atoms with van der Waals surface area (Å²) < 4.78 is 10.6. The SMILES string of the molecule is COc1ccc(C(=O)NCC(c2cccs2)N2CCc3ccccc3C2)cc1OC. The van der Waals surface area contributed by atoms with Crippen molar-refractivity contribution in [3.63, 3.8) is 0 Å². The number of carbonyl (C=O) groups is 1. The van der Waals surface area contributed by atoms with Crippen LogP contribution in [0, 0.1) is 0 Å². The third kappa shape index (κ3) is 4.35. The standard InChI is InChI=1S/C24H26N2O3S/c1-28-21-10-9-18(14-22(21)29-2)24(27)25-15-20(23-8-5-13-30-23)26-12-11-17-6-3-4-7-19(17)16-26/h3-10,13-14,20H,11-12,15-16H2,1-2H3,(H,25,27). The van der Waals surface area contributed by atoms with Crippen molar-refractivity contribution in [1.82, 2.24) is 10.2 Å². The monoisotopic (exact) mass is 422 g/mol. The van der Waals surface area contributed by atoms with Gasteiger partial charge in [0.15, 0.2) is 11.5 Å². The average Bonchev–Trinajstić information content (AvgIpc) is 3.33. The number of thiophene rings is 1. The van der Waals surface area contributed by atoms with E-state index in [1.165, 1.54) is 16.0 Å². The quantitative estimate of drug-likeness (QED) is 0.617. The maximum atomic E-state index is 12.8. The van der Waals surface area contributed by atoms with Crippen molar-refractivity contribution in [1.29, 1.82) is 0 Å². The van der Waals surface area contributed by atoms with Crippen LogP contribution in [0.15, 0.2) is 60.0 Å². The van der Waals surface area contributed by atoms with E-state index >= 15 is 0 Å². The smallest absolute Gasteiger partial charge is 0.251 e. The van der Waals surface area contributed by atoms with Gasteiger partial charge in [-0.05, 0) is 47.2 Å². The van der Waals surface area contributed by atoms with Crippen LogP contribution in [0.2, 0.25) is 0 Å². The van der Waals surface area contributed by atoms with Gasteiger partial charge < -0.3 is 14.8 Å². The van der Waals surface area contributed by atoms with E-state index in [-0.39, 0.29) is 11.9 Å². The molecule has 30 heavy (non-hydrogen) atoms. The summed E-state index contributed by atoms with van der Waals surface area (Å²) in [5.41, 5.74) is 3.35. The first-order valence-corrected chi connectivity index (χ1v) is 10.9. The van der Waals surface area contributed by atoms with E-state index in [1.54, 1.807) is 43.8 Å². The Morgan fingerprint density at radius 1 is 1.07 bits per heavy atom. The summed E-state index contributed by atoms with van der Waals surface area (Å²) >= 11 is 1.73. The lowest BCUT2D eigenvalue weighted by atomic mass is 9.98. The highest BCUT2D eigenvalue weighted by Crippen LogP contribution is 2.31. The van der Waals surface area contributed by atoms with Crippen molar-refractivity contribution in [3.05, 3.63) is 81.5 Å². The number of carbonyl (C=O) groups excluding carboxylic acids is 1. The summed E-state index contributed by atoms with van der Waals surface area (Å²) in [4.78, 5) is 16.6. The summed E-state index contributed by atoms with van der Waals surface area (Å²) in [5, 5.41) is 5.22. The molecule has 1 aliphatic heterocycles. The Hall–Kier alpha value is -2.83. The normalized spacial score (nSPS) is 14.6.